The number of hydrogen-bond donors (Lipinski definition) is 1. The zero-order valence-corrected chi connectivity index (χ0v) is 12.2. The highest BCUT2D eigenvalue weighted by Crippen LogP contribution is 2.32. The Kier molecular flexibility index (Phi) is 5.67. The third-order valence-electron chi connectivity index (χ3n) is 3.15. The van der Waals surface area contributed by atoms with Crippen molar-refractivity contribution >= 4 is 11.7 Å². The molecule has 0 atom stereocenters. The number of aryl methyl sites for hydroxylation is 2. The molecule has 0 aliphatic heterocycles. The lowest BCUT2D eigenvalue weighted by molar-refractivity contribution is -0.137. The summed E-state index contributed by atoms with van der Waals surface area (Å²) in [5.74, 6) is 0.144. The van der Waals surface area contributed by atoms with Gasteiger partial charge in [-0.05, 0) is 43.9 Å². The van der Waals surface area contributed by atoms with Gasteiger partial charge in [0.05, 0.1) is 12.8 Å². The molecule has 0 saturated heterocycles. The van der Waals surface area contributed by atoms with Crippen molar-refractivity contribution in [1.82, 2.24) is 0 Å². The Labute approximate surface area is 115 Å². The molecule has 0 aliphatic carbocycles. The van der Waals surface area contributed by atoms with Crippen LogP contribution in [0.4, 0.5) is 5.69 Å². The van der Waals surface area contributed by atoms with E-state index in [2.05, 4.69) is 17.9 Å². The molecule has 1 aromatic rings. The van der Waals surface area contributed by atoms with Crippen LogP contribution in [0.5, 0.6) is 5.75 Å². The molecule has 19 heavy (non-hydrogen) atoms. The number of carboxylic acid groups (broad SMARTS) is 1. The quantitative estimate of drug-likeness (QED) is 0.770. The average molecular weight is 265 g/mol. The van der Waals surface area contributed by atoms with Gasteiger partial charge in [0.25, 0.3) is 0 Å². The maximum atomic E-state index is 10.5. The van der Waals surface area contributed by atoms with Gasteiger partial charge in [-0.15, -0.1) is 0 Å². The third-order valence-corrected chi connectivity index (χ3v) is 3.15. The van der Waals surface area contributed by atoms with E-state index in [0.717, 1.165) is 24.4 Å². The molecule has 0 aromatic heterocycles. The SMILES string of the molecule is COc1cc(C)cc(C)c1N(C)CCCCC(=O)O. The van der Waals surface area contributed by atoms with E-state index >= 15 is 0 Å². The molecule has 0 saturated carbocycles. The highest BCUT2D eigenvalue weighted by molar-refractivity contribution is 5.66. The standard InChI is InChI=1S/C15H23NO3/c1-11-9-12(2)15(13(10-11)19-4)16(3)8-6-5-7-14(17)18/h9-10H,5-8H2,1-4H3,(H,17,18). The fourth-order valence-corrected chi connectivity index (χ4v) is 2.30. The smallest absolute Gasteiger partial charge is 0.303 e. The van der Waals surface area contributed by atoms with Gasteiger partial charge >= 0.3 is 5.97 Å². The van der Waals surface area contributed by atoms with Crippen molar-refractivity contribution in [3.05, 3.63) is 23.3 Å². The van der Waals surface area contributed by atoms with Crippen molar-refractivity contribution in [2.45, 2.75) is 33.1 Å². The molecule has 0 spiro atoms. The molecule has 1 rings (SSSR count). The Morgan fingerprint density at radius 2 is 2.00 bits per heavy atom. The fraction of sp³-hybridized carbons (Fsp3) is 0.533. The minimum Gasteiger partial charge on any atom is -0.495 e. The highest BCUT2D eigenvalue weighted by Gasteiger charge is 2.12. The van der Waals surface area contributed by atoms with Crippen LogP contribution in [-0.2, 0) is 4.79 Å². The number of methoxy groups -OCH3 is 1. The van der Waals surface area contributed by atoms with Gasteiger partial charge in [-0.25, -0.2) is 0 Å². The summed E-state index contributed by atoms with van der Waals surface area (Å²) in [5.41, 5.74) is 3.44. The first-order chi connectivity index (χ1) is 8.95. The summed E-state index contributed by atoms with van der Waals surface area (Å²) >= 11 is 0. The second-order valence-corrected chi connectivity index (χ2v) is 4.91. The van der Waals surface area contributed by atoms with E-state index in [1.54, 1.807) is 7.11 Å². The van der Waals surface area contributed by atoms with Crippen LogP contribution in [0.1, 0.15) is 30.4 Å². The van der Waals surface area contributed by atoms with Crippen LogP contribution in [0.3, 0.4) is 0 Å². The van der Waals surface area contributed by atoms with E-state index in [4.69, 9.17) is 9.84 Å². The molecule has 0 fully saturated rings. The number of ether oxygens (including phenoxy) is 1. The molecular weight excluding hydrogens is 242 g/mol. The van der Waals surface area contributed by atoms with E-state index in [-0.39, 0.29) is 6.42 Å². The topological polar surface area (TPSA) is 49.8 Å². The average Bonchev–Trinajstić information content (AvgIpc) is 2.33. The second-order valence-electron chi connectivity index (χ2n) is 4.91. The molecule has 0 radical (unpaired) electrons. The summed E-state index contributed by atoms with van der Waals surface area (Å²) in [5, 5.41) is 8.62. The van der Waals surface area contributed by atoms with E-state index in [1.165, 1.54) is 11.1 Å². The highest BCUT2D eigenvalue weighted by atomic mass is 16.5. The van der Waals surface area contributed by atoms with Crippen LogP contribution >= 0.6 is 0 Å². The van der Waals surface area contributed by atoms with Crippen molar-refractivity contribution in [3.8, 4) is 5.75 Å². The maximum absolute atomic E-state index is 10.5. The predicted molar refractivity (Wildman–Crippen MR) is 77.2 cm³/mol. The summed E-state index contributed by atoms with van der Waals surface area (Å²) in [6.45, 7) is 4.94. The van der Waals surface area contributed by atoms with Gasteiger partial charge in [-0.3, -0.25) is 4.79 Å². The first-order valence-corrected chi connectivity index (χ1v) is 6.54. The zero-order chi connectivity index (χ0) is 14.4. The van der Waals surface area contributed by atoms with Gasteiger partial charge in [0, 0.05) is 20.0 Å². The Morgan fingerprint density at radius 3 is 2.58 bits per heavy atom. The lowest BCUT2D eigenvalue weighted by Crippen LogP contribution is -2.20. The molecule has 106 valence electrons. The Hall–Kier alpha value is -1.71. The summed E-state index contributed by atoms with van der Waals surface area (Å²) in [6.07, 6.45) is 1.80. The van der Waals surface area contributed by atoms with Crippen molar-refractivity contribution in [1.29, 1.82) is 0 Å². The summed E-state index contributed by atoms with van der Waals surface area (Å²) in [7, 11) is 3.69. The number of rotatable bonds is 7. The number of unbranched alkanes of at least 4 members (excludes halogenated alkanes) is 1. The Balaban J connectivity index is 2.70. The number of carboxylic acids is 1. The van der Waals surface area contributed by atoms with Gasteiger partial charge in [0.15, 0.2) is 0 Å². The molecule has 1 aromatic carbocycles. The molecule has 1 N–H and O–H groups in total. The number of carbonyl (C=O) groups is 1. The zero-order valence-electron chi connectivity index (χ0n) is 12.2. The molecule has 0 aliphatic rings. The molecule has 4 nitrogen and oxygen atoms in total. The summed E-state index contributed by atoms with van der Waals surface area (Å²) < 4.78 is 5.44. The number of hydrogen-bond acceptors (Lipinski definition) is 3. The van der Waals surface area contributed by atoms with Crippen LogP contribution < -0.4 is 9.64 Å². The van der Waals surface area contributed by atoms with Gasteiger partial charge in [-0.1, -0.05) is 6.07 Å². The van der Waals surface area contributed by atoms with Crippen LogP contribution in [0.25, 0.3) is 0 Å². The molecule has 0 bridgehead atoms. The monoisotopic (exact) mass is 265 g/mol. The molecule has 4 heteroatoms. The minimum absolute atomic E-state index is 0.234. The second kappa shape index (κ2) is 7.02. The van der Waals surface area contributed by atoms with E-state index in [9.17, 15) is 4.79 Å². The molecule has 0 amide bonds. The first kappa shape index (κ1) is 15.3. The number of benzene rings is 1. The van der Waals surface area contributed by atoms with Crippen molar-refractivity contribution in [2.75, 3.05) is 25.6 Å². The number of anilines is 1. The van der Waals surface area contributed by atoms with Crippen LogP contribution in [0.15, 0.2) is 12.1 Å². The van der Waals surface area contributed by atoms with Gasteiger partial charge in [0.2, 0.25) is 0 Å². The normalized spacial score (nSPS) is 10.3. The first-order valence-electron chi connectivity index (χ1n) is 6.54. The van der Waals surface area contributed by atoms with E-state index in [1.807, 2.05) is 20.0 Å². The summed E-state index contributed by atoms with van der Waals surface area (Å²) in [4.78, 5) is 12.6. The fourth-order valence-electron chi connectivity index (χ4n) is 2.30. The predicted octanol–water partition coefficient (Wildman–Crippen LogP) is 3.00. The van der Waals surface area contributed by atoms with Gasteiger partial charge in [0.1, 0.15) is 5.75 Å². The van der Waals surface area contributed by atoms with Crippen molar-refractivity contribution < 1.29 is 14.6 Å². The van der Waals surface area contributed by atoms with Crippen molar-refractivity contribution in [2.24, 2.45) is 0 Å². The summed E-state index contributed by atoms with van der Waals surface area (Å²) in [6, 6.07) is 4.15. The maximum Gasteiger partial charge on any atom is 0.303 e. The third kappa shape index (κ3) is 4.47. The Morgan fingerprint density at radius 1 is 1.32 bits per heavy atom. The minimum atomic E-state index is -0.730. The lowest BCUT2D eigenvalue weighted by Gasteiger charge is -2.24. The molecule has 0 heterocycles. The van der Waals surface area contributed by atoms with Crippen LogP contribution in [0.2, 0.25) is 0 Å². The van der Waals surface area contributed by atoms with Gasteiger partial charge in [-0.2, -0.15) is 0 Å². The number of nitrogens with zero attached hydrogens (tertiary/aromatic N) is 1. The molecular formula is C15H23NO3. The Bertz CT molecular complexity index is 443. The van der Waals surface area contributed by atoms with Crippen LogP contribution in [0, 0.1) is 13.8 Å². The van der Waals surface area contributed by atoms with E-state index in [0.29, 0.717) is 6.42 Å². The largest absolute Gasteiger partial charge is 0.495 e. The van der Waals surface area contributed by atoms with Crippen molar-refractivity contribution in [3.63, 3.8) is 0 Å². The van der Waals surface area contributed by atoms with E-state index < -0.39 is 5.97 Å². The number of aliphatic carboxylic acids is 1. The lowest BCUT2D eigenvalue weighted by atomic mass is 10.1. The van der Waals surface area contributed by atoms with Crippen LogP contribution in [-0.4, -0.2) is 31.8 Å². The van der Waals surface area contributed by atoms with Gasteiger partial charge < -0.3 is 14.7 Å². The molecule has 0 unspecified atom stereocenters.